The van der Waals surface area contributed by atoms with Crippen molar-refractivity contribution >= 4 is 11.8 Å². The van der Waals surface area contributed by atoms with Gasteiger partial charge < -0.3 is 20.0 Å². The Balaban J connectivity index is 2.14. The second-order valence-corrected chi connectivity index (χ2v) is 9.58. The molecule has 176 valence electrons. The zero-order valence-corrected chi connectivity index (χ0v) is 19.8. The normalized spacial score (nSPS) is 22.6. The number of hydrogen-bond acceptors (Lipinski definition) is 5. The second kappa shape index (κ2) is 15.8. The minimum Gasteiger partial charge on any atom is -0.465 e. The smallest absolute Gasteiger partial charge is 0.323 e. The summed E-state index contributed by atoms with van der Waals surface area (Å²) in [6.45, 7) is 6.76. The number of carbonyl (C=O) groups excluding carboxylic acids is 2. The van der Waals surface area contributed by atoms with Crippen molar-refractivity contribution in [3.8, 4) is 0 Å². The van der Waals surface area contributed by atoms with E-state index in [1.807, 2.05) is 13.8 Å². The third kappa shape index (κ3) is 13.4. The van der Waals surface area contributed by atoms with Crippen molar-refractivity contribution in [3.05, 3.63) is 0 Å². The molecule has 3 atom stereocenters. The average molecular weight is 426 g/mol. The lowest BCUT2D eigenvalue weighted by atomic mass is 9.77. The lowest BCUT2D eigenvalue weighted by Crippen LogP contribution is -2.38. The molecular weight excluding hydrogens is 378 g/mol. The van der Waals surface area contributed by atoms with E-state index in [2.05, 4.69) is 5.32 Å². The van der Waals surface area contributed by atoms with E-state index in [9.17, 15) is 14.7 Å². The first kappa shape index (κ1) is 27.1. The van der Waals surface area contributed by atoms with Gasteiger partial charge in [0.2, 0.25) is 0 Å². The molecule has 30 heavy (non-hydrogen) atoms. The van der Waals surface area contributed by atoms with E-state index >= 15 is 0 Å². The average Bonchev–Trinajstić information content (AvgIpc) is 2.67. The summed E-state index contributed by atoms with van der Waals surface area (Å²) < 4.78 is 5.24. The van der Waals surface area contributed by atoms with Gasteiger partial charge in [0.15, 0.2) is 0 Å². The molecule has 1 aliphatic rings. The number of ketones is 1. The zero-order chi connectivity index (χ0) is 22.2. The maximum atomic E-state index is 12.2. The summed E-state index contributed by atoms with van der Waals surface area (Å²) in [4.78, 5) is 23.2. The maximum Gasteiger partial charge on any atom is 0.323 e. The number of hydrogen-bond donors (Lipinski definition) is 2. The fourth-order valence-electron chi connectivity index (χ4n) is 4.65. The maximum absolute atomic E-state index is 12.2. The van der Waals surface area contributed by atoms with Crippen LogP contribution in [0.4, 0.5) is 0 Å². The standard InChI is InChI=1S/C25H47NO4/c1-4-30-24(28)23(17-11-7-5-6-9-14-21(2)27)26-19-12-8-10-15-22-16-13-18-25(3,29)20-22/h22-23,26,29H,4-20H2,1-3H3. The minimum absolute atomic E-state index is 0.126. The first-order valence-corrected chi connectivity index (χ1v) is 12.5. The summed E-state index contributed by atoms with van der Waals surface area (Å²) in [7, 11) is 0. The molecule has 1 rings (SSSR count). The van der Waals surface area contributed by atoms with E-state index < -0.39 is 5.60 Å². The molecule has 0 radical (unpaired) electrons. The molecule has 0 aliphatic heterocycles. The van der Waals surface area contributed by atoms with Crippen molar-refractivity contribution in [2.75, 3.05) is 13.2 Å². The summed E-state index contributed by atoms with van der Waals surface area (Å²) in [5.41, 5.74) is -0.454. The molecule has 5 nitrogen and oxygen atoms in total. The van der Waals surface area contributed by atoms with Crippen molar-refractivity contribution in [3.63, 3.8) is 0 Å². The first-order valence-electron chi connectivity index (χ1n) is 12.5. The van der Waals surface area contributed by atoms with E-state index in [1.54, 1.807) is 6.92 Å². The number of esters is 1. The molecule has 1 saturated carbocycles. The summed E-state index contributed by atoms with van der Waals surface area (Å²) >= 11 is 0. The van der Waals surface area contributed by atoms with Gasteiger partial charge in [-0.05, 0) is 65.3 Å². The molecular formula is C25H47NO4. The molecule has 5 heteroatoms. The summed E-state index contributed by atoms with van der Waals surface area (Å²) in [6.07, 6.45) is 15.8. The molecule has 1 aliphatic carbocycles. The van der Waals surface area contributed by atoms with E-state index in [-0.39, 0.29) is 17.8 Å². The number of rotatable bonds is 17. The molecule has 3 unspecified atom stereocenters. The van der Waals surface area contributed by atoms with Crippen LogP contribution < -0.4 is 5.32 Å². The number of ether oxygens (including phenoxy) is 1. The number of aliphatic hydroxyl groups is 1. The van der Waals surface area contributed by atoms with Crippen molar-refractivity contribution in [1.29, 1.82) is 0 Å². The Labute approximate surface area is 184 Å². The molecule has 0 aromatic carbocycles. The molecule has 2 N–H and O–H groups in total. The largest absolute Gasteiger partial charge is 0.465 e. The van der Waals surface area contributed by atoms with Crippen LogP contribution >= 0.6 is 0 Å². The van der Waals surface area contributed by atoms with Crippen molar-refractivity contribution in [2.45, 2.75) is 129 Å². The van der Waals surface area contributed by atoms with Crippen molar-refractivity contribution < 1.29 is 19.4 Å². The molecule has 0 heterocycles. The minimum atomic E-state index is -0.454. The number of Topliss-reactive ketones (excluding diaryl/α,β-unsaturated/α-hetero) is 1. The van der Waals surface area contributed by atoms with Crippen molar-refractivity contribution in [2.24, 2.45) is 5.92 Å². The third-order valence-electron chi connectivity index (χ3n) is 6.33. The molecule has 0 aromatic rings. The van der Waals surface area contributed by atoms with Gasteiger partial charge in [-0.15, -0.1) is 0 Å². The fourth-order valence-corrected chi connectivity index (χ4v) is 4.65. The van der Waals surface area contributed by atoms with Gasteiger partial charge in [0, 0.05) is 6.42 Å². The van der Waals surface area contributed by atoms with Crippen molar-refractivity contribution in [1.82, 2.24) is 5.32 Å². The number of nitrogens with one attached hydrogen (secondary N) is 1. The molecule has 0 amide bonds. The molecule has 0 saturated heterocycles. The fraction of sp³-hybridized carbons (Fsp3) is 0.920. The van der Waals surface area contributed by atoms with Gasteiger partial charge in [-0.1, -0.05) is 57.8 Å². The van der Waals surface area contributed by atoms with Gasteiger partial charge in [-0.2, -0.15) is 0 Å². The van der Waals surface area contributed by atoms with Crippen LogP contribution in [0.3, 0.4) is 0 Å². The van der Waals surface area contributed by atoms with Crippen LogP contribution in [0.15, 0.2) is 0 Å². The number of unbranched alkanes of at least 4 members (excludes halogenated alkanes) is 6. The third-order valence-corrected chi connectivity index (χ3v) is 6.33. The highest BCUT2D eigenvalue weighted by atomic mass is 16.5. The predicted molar refractivity (Wildman–Crippen MR) is 122 cm³/mol. The zero-order valence-electron chi connectivity index (χ0n) is 19.8. The summed E-state index contributed by atoms with van der Waals surface area (Å²) in [5.74, 6) is 0.815. The summed E-state index contributed by atoms with van der Waals surface area (Å²) in [6, 6.07) is -0.199. The Hall–Kier alpha value is -0.940. The summed E-state index contributed by atoms with van der Waals surface area (Å²) in [5, 5.41) is 13.6. The first-order chi connectivity index (χ1) is 14.3. The Kier molecular flexibility index (Phi) is 14.3. The Morgan fingerprint density at radius 2 is 1.80 bits per heavy atom. The van der Waals surface area contributed by atoms with Crippen LogP contribution in [0.5, 0.6) is 0 Å². The van der Waals surface area contributed by atoms with Crippen LogP contribution in [-0.4, -0.2) is 41.7 Å². The highest BCUT2D eigenvalue weighted by molar-refractivity contribution is 5.75. The Morgan fingerprint density at radius 1 is 1.10 bits per heavy atom. The van der Waals surface area contributed by atoms with E-state index in [4.69, 9.17) is 4.74 Å². The van der Waals surface area contributed by atoms with Gasteiger partial charge in [-0.25, -0.2) is 0 Å². The molecule has 1 fully saturated rings. The van der Waals surface area contributed by atoms with Gasteiger partial charge in [-0.3, -0.25) is 4.79 Å². The highest BCUT2D eigenvalue weighted by Gasteiger charge is 2.29. The second-order valence-electron chi connectivity index (χ2n) is 9.58. The molecule has 0 spiro atoms. The van der Waals surface area contributed by atoms with Gasteiger partial charge in [0.1, 0.15) is 11.8 Å². The topological polar surface area (TPSA) is 75.6 Å². The lowest BCUT2D eigenvalue weighted by molar-refractivity contribution is -0.145. The quantitative estimate of drug-likeness (QED) is 0.243. The van der Waals surface area contributed by atoms with E-state index in [0.29, 0.717) is 18.9 Å². The SMILES string of the molecule is CCOC(=O)C(CCCCCCCC(C)=O)NCCCCCC1CCCC(C)(O)C1. The highest BCUT2D eigenvalue weighted by Crippen LogP contribution is 2.34. The van der Waals surface area contributed by atoms with Crippen LogP contribution in [0.1, 0.15) is 117 Å². The predicted octanol–water partition coefficient (Wildman–Crippen LogP) is 5.33. The van der Waals surface area contributed by atoms with Crippen LogP contribution in [0, 0.1) is 5.92 Å². The Morgan fingerprint density at radius 3 is 2.50 bits per heavy atom. The van der Waals surface area contributed by atoms with Gasteiger partial charge in [0.05, 0.1) is 12.2 Å². The van der Waals surface area contributed by atoms with Gasteiger partial charge in [0.25, 0.3) is 0 Å². The lowest BCUT2D eigenvalue weighted by Gasteiger charge is -2.34. The monoisotopic (exact) mass is 425 g/mol. The van der Waals surface area contributed by atoms with E-state index in [0.717, 1.165) is 77.2 Å². The molecule has 0 bridgehead atoms. The Bertz CT molecular complexity index is 478. The van der Waals surface area contributed by atoms with Gasteiger partial charge >= 0.3 is 5.97 Å². The van der Waals surface area contributed by atoms with Crippen LogP contribution in [0.2, 0.25) is 0 Å². The van der Waals surface area contributed by atoms with E-state index in [1.165, 1.54) is 19.3 Å². The molecule has 0 aromatic heterocycles. The van der Waals surface area contributed by atoms with Crippen LogP contribution in [0.25, 0.3) is 0 Å². The number of carbonyl (C=O) groups is 2. The van der Waals surface area contributed by atoms with Crippen LogP contribution in [-0.2, 0) is 14.3 Å².